The van der Waals surface area contributed by atoms with Crippen molar-refractivity contribution in [2.45, 2.75) is 155 Å². The number of ether oxygens (including phenoxy) is 2. The SMILES string of the molecule is CCC[C@@](C)(O)[C@H](O)[C@@H](C)N(C)C[C@H](C)C[C@@](C)(O)C[C@@H](C)C(O[C@H]1CC(N(CC)CC)[C@H](O)C(C)O1)[C@@H](C)C(=O)O. The molecule has 0 spiro atoms. The lowest BCUT2D eigenvalue weighted by atomic mass is 9.80. The highest BCUT2D eigenvalue weighted by Crippen LogP contribution is 2.34. The molecule has 0 radical (unpaired) electrons. The highest BCUT2D eigenvalue weighted by molar-refractivity contribution is 5.70. The van der Waals surface area contributed by atoms with Gasteiger partial charge in [0.2, 0.25) is 0 Å². The molecule has 250 valence electrons. The third kappa shape index (κ3) is 11.3. The minimum absolute atomic E-state index is 0.0677. The van der Waals surface area contributed by atoms with Crippen LogP contribution in [0.25, 0.3) is 0 Å². The van der Waals surface area contributed by atoms with Crippen molar-refractivity contribution in [1.29, 1.82) is 0 Å². The normalized spacial score (nSPS) is 28.9. The molecule has 1 heterocycles. The van der Waals surface area contributed by atoms with Crippen molar-refractivity contribution in [2.75, 3.05) is 26.7 Å². The van der Waals surface area contributed by atoms with Gasteiger partial charge in [0.1, 0.15) is 0 Å². The molecule has 0 aromatic rings. The Balaban J connectivity index is 2.94. The first-order valence-electron chi connectivity index (χ1n) is 16.1. The van der Waals surface area contributed by atoms with Gasteiger partial charge in [-0.2, -0.15) is 0 Å². The quantitative estimate of drug-likeness (QED) is 0.149. The number of rotatable bonds is 19. The molecule has 42 heavy (non-hydrogen) atoms. The van der Waals surface area contributed by atoms with Gasteiger partial charge in [-0.1, -0.05) is 41.0 Å². The maximum absolute atomic E-state index is 12.1. The number of aliphatic hydroxyl groups excluding tert-OH is 2. The molecular weight excluding hydrogens is 540 g/mol. The molecule has 1 aliphatic rings. The molecule has 0 bridgehead atoms. The summed E-state index contributed by atoms with van der Waals surface area (Å²) in [6.45, 7) is 21.0. The summed E-state index contributed by atoms with van der Waals surface area (Å²) in [5, 5.41) is 53.6. The number of aliphatic hydroxyl groups is 4. The van der Waals surface area contributed by atoms with E-state index in [1.807, 2.05) is 60.4 Å². The van der Waals surface area contributed by atoms with Crippen molar-refractivity contribution >= 4 is 5.97 Å². The van der Waals surface area contributed by atoms with Gasteiger partial charge in [0.05, 0.1) is 41.5 Å². The van der Waals surface area contributed by atoms with Crippen LogP contribution in [0.1, 0.15) is 101 Å². The first-order chi connectivity index (χ1) is 19.3. The molecule has 10 nitrogen and oxygen atoms in total. The predicted molar refractivity (Wildman–Crippen MR) is 165 cm³/mol. The third-order valence-corrected chi connectivity index (χ3v) is 9.40. The summed E-state index contributed by atoms with van der Waals surface area (Å²) in [6, 6.07) is -0.430. The standard InChI is InChI=1S/C32H64N2O8/c1-12-15-32(10,40)29(36)23(7)33(11)19-20(4)17-31(9,39)18-21(5)28(22(6)30(37)38)42-26-16-25(34(13-2)14-3)27(35)24(8)41-26/h20-29,35-36,39-40H,12-19H2,1-11H3,(H,37,38)/t20-,21-,22-,23-,24?,25?,26+,27-,28?,29-,31-,32-/m1/s1. The fourth-order valence-electron chi connectivity index (χ4n) is 7.01. The number of carboxylic acid groups (broad SMARTS) is 1. The molecular formula is C32H64N2O8. The number of hydrogen-bond acceptors (Lipinski definition) is 9. The second-order valence-electron chi connectivity index (χ2n) is 13.7. The monoisotopic (exact) mass is 604 g/mol. The van der Waals surface area contributed by atoms with Crippen molar-refractivity contribution in [3.05, 3.63) is 0 Å². The zero-order valence-electron chi connectivity index (χ0n) is 28.3. The Labute approximate surface area is 255 Å². The van der Waals surface area contributed by atoms with Gasteiger partial charge in [-0.3, -0.25) is 9.69 Å². The van der Waals surface area contributed by atoms with E-state index in [2.05, 4.69) is 4.90 Å². The van der Waals surface area contributed by atoms with E-state index in [1.54, 1.807) is 20.8 Å². The number of carbonyl (C=O) groups is 1. The van der Waals surface area contributed by atoms with Gasteiger partial charge >= 0.3 is 5.97 Å². The molecule has 10 heteroatoms. The maximum Gasteiger partial charge on any atom is 0.308 e. The molecule has 12 atom stereocenters. The van der Waals surface area contributed by atoms with E-state index >= 15 is 0 Å². The van der Waals surface area contributed by atoms with E-state index in [-0.39, 0.29) is 23.9 Å². The molecule has 1 saturated heterocycles. The van der Waals surface area contributed by atoms with E-state index in [0.29, 0.717) is 32.2 Å². The summed E-state index contributed by atoms with van der Waals surface area (Å²) in [4.78, 5) is 16.3. The predicted octanol–water partition coefficient (Wildman–Crippen LogP) is 3.33. The Bertz CT molecular complexity index is 790. The maximum atomic E-state index is 12.1. The Morgan fingerprint density at radius 1 is 1.07 bits per heavy atom. The molecule has 1 rings (SSSR count). The average molecular weight is 605 g/mol. The zero-order valence-corrected chi connectivity index (χ0v) is 28.3. The van der Waals surface area contributed by atoms with Crippen LogP contribution < -0.4 is 0 Å². The third-order valence-electron chi connectivity index (χ3n) is 9.40. The zero-order chi connectivity index (χ0) is 32.6. The Morgan fingerprint density at radius 2 is 1.64 bits per heavy atom. The van der Waals surface area contributed by atoms with Crippen molar-refractivity contribution in [2.24, 2.45) is 17.8 Å². The smallest absolute Gasteiger partial charge is 0.308 e. The van der Waals surface area contributed by atoms with Crippen molar-refractivity contribution in [3.63, 3.8) is 0 Å². The number of hydrogen-bond donors (Lipinski definition) is 5. The lowest BCUT2D eigenvalue weighted by Crippen LogP contribution is -2.56. The average Bonchev–Trinajstić information content (AvgIpc) is 2.88. The Morgan fingerprint density at radius 3 is 2.14 bits per heavy atom. The fraction of sp³-hybridized carbons (Fsp3) is 0.969. The second kappa shape index (κ2) is 17.0. The largest absolute Gasteiger partial charge is 0.481 e. The van der Waals surface area contributed by atoms with Gasteiger partial charge in [-0.05, 0) is 85.9 Å². The molecule has 5 N–H and O–H groups in total. The van der Waals surface area contributed by atoms with Gasteiger partial charge < -0.3 is 39.9 Å². The van der Waals surface area contributed by atoms with Crippen LogP contribution in [0, 0.1) is 17.8 Å². The van der Waals surface area contributed by atoms with Gasteiger partial charge in [0, 0.05) is 25.0 Å². The van der Waals surface area contributed by atoms with E-state index in [9.17, 15) is 30.3 Å². The highest BCUT2D eigenvalue weighted by Gasteiger charge is 2.42. The summed E-state index contributed by atoms with van der Waals surface area (Å²) < 4.78 is 12.4. The van der Waals surface area contributed by atoms with Crippen LogP contribution in [-0.4, -0.2) is 122 Å². The van der Waals surface area contributed by atoms with Crippen LogP contribution in [-0.2, 0) is 14.3 Å². The summed E-state index contributed by atoms with van der Waals surface area (Å²) >= 11 is 0. The van der Waals surface area contributed by atoms with Crippen molar-refractivity contribution in [1.82, 2.24) is 9.80 Å². The summed E-state index contributed by atoms with van der Waals surface area (Å²) in [5.41, 5.74) is -2.26. The molecule has 3 unspecified atom stereocenters. The van der Waals surface area contributed by atoms with Crippen LogP contribution in [0.3, 0.4) is 0 Å². The van der Waals surface area contributed by atoms with Crippen LogP contribution in [0.2, 0.25) is 0 Å². The van der Waals surface area contributed by atoms with E-state index in [4.69, 9.17) is 9.47 Å². The Kier molecular flexibility index (Phi) is 15.9. The number of carboxylic acids is 1. The van der Waals surface area contributed by atoms with Gasteiger partial charge in [-0.25, -0.2) is 0 Å². The minimum atomic E-state index is -1.17. The summed E-state index contributed by atoms with van der Waals surface area (Å²) in [7, 11) is 1.91. The summed E-state index contributed by atoms with van der Waals surface area (Å²) in [5.74, 6) is -2.02. The fourth-order valence-corrected chi connectivity index (χ4v) is 7.01. The molecule has 0 saturated carbocycles. The Hall–Kier alpha value is -0.850. The highest BCUT2D eigenvalue weighted by atomic mass is 16.7. The molecule has 0 aliphatic carbocycles. The minimum Gasteiger partial charge on any atom is -0.481 e. The van der Waals surface area contributed by atoms with Crippen molar-refractivity contribution < 1.29 is 39.8 Å². The van der Waals surface area contributed by atoms with Crippen molar-refractivity contribution in [3.8, 4) is 0 Å². The lowest BCUT2D eigenvalue weighted by Gasteiger charge is -2.44. The van der Waals surface area contributed by atoms with E-state index in [0.717, 1.165) is 19.5 Å². The second-order valence-corrected chi connectivity index (χ2v) is 13.7. The van der Waals surface area contributed by atoms with E-state index in [1.165, 1.54) is 0 Å². The topological polar surface area (TPSA) is 143 Å². The van der Waals surface area contributed by atoms with Gasteiger partial charge in [-0.15, -0.1) is 0 Å². The van der Waals surface area contributed by atoms with Crippen LogP contribution in [0.15, 0.2) is 0 Å². The molecule has 0 amide bonds. The van der Waals surface area contributed by atoms with Crippen LogP contribution >= 0.6 is 0 Å². The lowest BCUT2D eigenvalue weighted by molar-refractivity contribution is -0.263. The van der Waals surface area contributed by atoms with Gasteiger partial charge in [0.25, 0.3) is 0 Å². The number of aliphatic carboxylic acids is 1. The molecule has 0 aromatic carbocycles. The number of nitrogens with zero attached hydrogens (tertiary/aromatic N) is 2. The molecule has 1 fully saturated rings. The summed E-state index contributed by atoms with van der Waals surface area (Å²) in [6.07, 6.45) is -0.894. The van der Waals surface area contributed by atoms with Crippen LogP contribution in [0.4, 0.5) is 0 Å². The van der Waals surface area contributed by atoms with Crippen LogP contribution in [0.5, 0.6) is 0 Å². The van der Waals surface area contributed by atoms with Gasteiger partial charge in [0.15, 0.2) is 6.29 Å². The number of likely N-dealkylation sites (N-methyl/N-ethyl adjacent to an activating group) is 2. The first kappa shape index (κ1) is 39.2. The molecule has 0 aromatic heterocycles. The van der Waals surface area contributed by atoms with E-state index < -0.39 is 53.8 Å². The molecule has 1 aliphatic heterocycles. The first-order valence-corrected chi connectivity index (χ1v) is 16.1.